The molecule has 2 rings (SSSR count). The number of anilines is 1. The van der Waals surface area contributed by atoms with Gasteiger partial charge >= 0.3 is 0 Å². The number of benzene rings is 1. The minimum atomic E-state index is -3.18. The van der Waals surface area contributed by atoms with Gasteiger partial charge in [0.05, 0.1) is 16.3 Å². The van der Waals surface area contributed by atoms with E-state index >= 15 is 0 Å². The predicted octanol–water partition coefficient (Wildman–Crippen LogP) is 1.22. The molecule has 0 amide bonds. The van der Waals surface area contributed by atoms with Crippen molar-refractivity contribution in [2.24, 2.45) is 5.73 Å². The molecule has 0 aromatic heterocycles. The smallest absolute Gasteiger partial charge is 0.182 e. The summed E-state index contributed by atoms with van der Waals surface area (Å²) in [7, 11) is -3.18. The van der Waals surface area contributed by atoms with E-state index in [2.05, 4.69) is 5.32 Å². The van der Waals surface area contributed by atoms with E-state index < -0.39 is 9.84 Å². The van der Waals surface area contributed by atoms with Crippen molar-refractivity contribution in [1.29, 1.82) is 0 Å². The van der Waals surface area contributed by atoms with Gasteiger partial charge in [0.15, 0.2) is 9.84 Å². The van der Waals surface area contributed by atoms with E-state index in [1.807, 2.05) is 26.0 Å². The lowest BCUT2D eigenvalue weighted by Gasteiger charge is -2.28. The van der Waals surface area contributed by atoms with Crippen LogP contribution in [0, 0.1) is 13.8 Å². The molecule has 1 unspecified atom stereocenters. The Hall–Kier alpha value is -1.07. The second-order valence-electron chi connectivity index (χ2n) is 4.66. The molecule has 5 heteroatoms. The van der Waals surface area contributed by atoms with Gasteiger partial charge in [-0.05, 0) is 44.0 Å². The highest BCUT2D eigenvalue weighted by Crippen LogP contribution is 2.33. The SMILES string of the molecule is Cc1cc(C)c2c(c1)NC(CCN)CS2(=O)=O. The van der Waals surface area contributed by atoms with E-state index in [1.54, 1.807) is 0 Å². The first-order chi connectivity index (χ1) is 7.94. The van der Waals surface area contributed by atoms with Crippen LogP contribution in [0.15, 0.2) is 17.0 Å². The lowest BCUT2D eigenvalue weighted by atomic mass is 10.1. The summed E-state index contributed by atoms with van der Waals surface area (Å²) in [6.45, 7) is 4.30. The molecule has 1 aromatic carbocycles. The second-order valence-corrected chi connectivity index (χ2v) is 6.63. The van der Waals surface area contributed by atoms with Gasteiger partial charge in [0.2, 0.25) is 0 Å². The molecule has 0 spiro atoms. The van der Waals surface area contributed by atoms with Crippen LogP contribution in [0.4, 0.5) is 5.69 Å². The molecule has 17 heavy (non-hydrogen) atoms. The maximum Gasteiger partial charge on any atom is 0.182 e. The molecule has 1 aromatic rings. The third-order valence-electron chi connectivity index (χ3n) is 3.03. The third-order valence-corrected chi connectivity index (χ3v) is 5.03. The van der Waals surface area contributed by atoms with Crippen molar-refractivity contribution < 1.29 is 8.42 Å². The van der Waals surface area contributed by atoms with Crippen LogP contribution in [0.5, 0.6) is 0 Å². The zero-order chi connectivity index (χ0) is 12.6. The molecule has 4 nitrogen and oxygen atoms in total. The first-order valence-electron chi connectivity index (χ1n) is 5.74. The molecule has 0 aliphatic carbocycles. The molecule has 0 radical (unpaired) electrons. The molecule has 0 saturated carbocycles. The molecular weight excluding hydrogens is 236 g/mol. The van der Waals surface area contributed by atoms with Crippen molar-refractivity contribution in [3.8, 4) is 0 Å². The molecule has 0 bridgehead atoms. The van der Waals surface area contributed by atoms with Crippen molar-refractivity contribution in [2.45, 2.75) is 31.2 Å². The summed E-state index contributed by atoms with van der Waals surface area (Å²) < 4.78 is 24.4. The van der Waals surface area contributed by atoms with Crippen LogP contribution in [-0.4, -0.2) is 26.8 Å². The summed E-state index contributed by atoms with van der Waals surface area (Å²) >= 11 is 0. The average molecular weight is 254 g/mol. The van der Waals surface area contributed by atoms with Crippen molar-refractivity contribution in [3.63, 3.8) is 0 Å². The Morgan fingerprint density at radius 1 is 1.41 bits per heavy atom. The second kappa shape index (κ2) is 4.31. The van der Waals surface area contributed by atoms with Gasteiger partial charge in [0, 0.05) is 6.04 Å². The molecule has 1 aliphatic heterocycles. The molecule has 1 heterocycles. The Balaban J connectivity index is 2.53. The fourth-order valence-corrected chi connectivity index (χ4v) is 4.39. The van der Waals surface area contributed by atoms with Gasteiger partial charge in [-0.25, -0.2) is 8.42 Å². The van der Waals surface area contributed by atoms with E-state index in [9.17, 15) is 8.42 Å². The van der Waals surface area contributed by atoms with Gasteiger partial charge < -0.3 is 11.1 Å². The van der Waals surface area contributed by atoms with Gasteiger partial charge in [-0.15, -0.1) is 0 Å². The van der Waals surface area contributed by atoms with Gasteiger partial charge in [0.1, 0.15) is 0 Å². The normalized spacial score (nSPS) is 21.7. The van der Waals surface area contributed by atoms with Gasteiger partial charge in [-0.2, -0.15) is 0 Å². The number of rotatable bonds is 2. The lowest BCUT2D eigenvalue weighted by molar-refractivity contribution is 0.580. The number of nitrogens with two attached hydrogens (primary N) is 1. The number of nitrogens with one attached hydrogen (secondary N) is 1. The summed E-state index contributed by atoms with van der Waals surface area (Å²) in [6, 6.07) is 3.72. The Labute approximate surface area is 102 Å². The molecular formula is C12H18N2O2S. The molecule has 1 aliphatic rings. The summed E-state index contributed by atoms with van der Waals surface area (Å²) in [5.41, 5.74) is 8.11. The van der Waals surface area contributed by atoms with Crippen LogP contribution in [0.1, 0.15) is 17.5 Å². The zero-order valence-corrected chi connectivity index (χ0v) is 11.0. The fourth-order valence-electron chi connectivity index (χ4n) is 2.44. The number of hydrogen-bond acceptors (Lipinski definition) is 4. The molecule has 3 N–H and O–H groups in total. The summed E-state index contributed by atoms with van der Waals surface area (Å²) in [5, 5.41) is 3.28. The molecule has 0 saturated heterocycles. The van der Waals surface area contributed by atoms with Crippen molar-refractivity contribution >= 4 is 15.5 Å². The van der Waals surface area contributed by atoms with Crippen LogP contribution in [-0.2, 0) is 9.84 Å². The highest BCUT2D eigenvalue weighted by Gasteiger charge is 2.31. The number of hydrogen-bond donors (Lipinski definition) is 2. The van der Waals surface area contributed by atoms with Crippen LogP contribution < -0.4 is 11.1 Å². The average Bonchev–Trinajstić information content (AvgIpc) is 2.13. The van der Waals surface area contributed by atoms with E-state index in [0.717, 1.165) is 16.8 Å². The molecule has 1 atom stereocenters. The van der Waals surface area contributed by atoms with Gasteiger partial charge in [-0.3, -0.25) is 0 Å². The number of aryl methyl sites for hydroxylation is 2. The zero-order valence-electron chi connectivity index (χ0n) is 10.2. The third kappa shape index (κ3) is 2.30. The van der Waals surface area contributed by atoms with Gasteiger partial charge in [-0.1, -0.05) is 6.07 Å². The van der Waals surface area contributed by atoms with E-state index in [1.165, 1.54) is 0 Å². The number of fused-ring (bicyclic) bond motifs is 1. The molecule has 94 valence electrons. The Bertz CT molecular complexity index is 538. The molecule has 0 fully saturated rings. The van der Waals surface area contributed by atoms with E-state index in [-0.39, 0.29) is 11.8 Å². The summed E-state index contributed by atoms with van der Waals surface area (Å²) in [5.74, 6) is 0.140. The maximum absolute atomic E-state index is 12.2. The van der Waals surface area contributed by atoms with Crippen LogP contribution in [0.25, 0.3) is 0 Å². The van der Waals surface area contributed by atoms with Crippen molar-refractivity contribution in [2.75, 3.05) is 17.6 Å². The fraction of sp³-hybridized carbons (Fsp3) is 0.500. The first kappa shape index (κ1) is 12.4. The summed E-state index contributed by atoms with van der Waals surface area (Å²) in [4.78, 5) is 0.455. The maximum atomic E-state index is 12.2. The Kier molecular flexibility index (Phi) is 3.14. The standard InChI is InChI=1S/C12H18N2O2S/c1-8-5-9(2)12-11(6-8)14-10(3-4-13)7-17(12,15)16/h5-6,10,14H,3-4,7,13H2,1-2H3. The van der Waals surface area contributed by atoms with Crippen molar-refractivity contribution in [3.05, 3.63) is 23.3 Å². The predicted molar refractivity (Wildman–Crippen MR) is 69.1 cm³/mol. The minimum absolute atomic E-state index is 0.0706. The van der Waals surface area contributed by atoms with Crippen molar-refractivity contribution in [1.82, 2.24) is 0 Å². The Morgan fingerprint density at radius 2 is 2.12 bits per heavy atom. The highest BCUT2D eigenvalue weighted by atomic mass is 32.2. The lowest BCUT2D eigenvalue weighted by Crippen LogP contribution is -2.36. The van der Waals surface area contributed by atoms with E-state index in [0.29, 0.717) is 17.9 Å². The first-order valence-corrected chi connectivity index (χ1v) is 7.40. The summed E-state index contributed by atoms with van der Waals surface area (Å²) in [6.07, 6.45) is 0.672. The quantitative estimate of drug-likeness (QED) is 0.832. The Morgan fingerprint density at radius 3 is 2.76 bits per heavy atom. The van der Waals surface area contributed by atoms with Crippen LogP contribution in [0.2, 0.25) is 0 Å². The highest BCUT2D eigenvalue weighted by molar-refractivity contribution is 7.91. The monoisotopic (exact) mass is 254 g/mol. The minimum Gasteiger partial charge on any atom is -0.380 e. The topological polar surface area (TPSA) is 72.2 Å². The largest absolute Gasteiger partial charge is 0.380 e. The van der Waals surface area contributed by atoms with E-state index in [4.69, 9.17) is 5.73 Å². The number of sulfone groups is 1. The van der Waals surface area contributed by atoms with Crippen LogP contribution in [0.3, 0.4) is 0 Å². The van der Waals surface area contributed by atoms with Crippen LogP contribution >= 0.6 is 0 Å². The van der Waals surface area contributed by atoms with Gasteiger partial charge in [0.25, 0.3) is 0 Å².